The van der Waals surface area contributed by atoms with Gasteiger partial charge in [-0.15, -0.1) is 0 Å². The van der Waals surface area contributed by atoms with Crippen LogP contribution in [0.15, 0.2) is 47.4 Å². The van der Waals surface area contributed by atoms with Crippen molar-refractivity contribution in [3.05, 3.63) is 42.5 Å². The minimum Gasteiger partial charge on any atom is -0.490 e. The minimum atomic E-state index is -3.70. The molecule has 2 aliphatic rings. The summed E-state index contributed by atoms with van der Waals surface area (Å²) in [5, 5.41) is 0. The maximum Gasteiger partial charge on any atom is 0.262 e. The van der Waals surface area contributed by atoms with Gasteiger partial charge in [-0.2, -0.15) is 0 Å². The summed E-state index contributed by atoms with van der Waals surface area (Å²) in [5.41, 5.74) is 1.67. The molecule has 0 bridgehead atoms. The van der Waals surface area contributed by atoms with Crippen LogP contribution in [0.2, 0.25) is 0 Å². The van der Waals surface area contributed by atoms with E-state index in [1.165, 1.54) is 18.9 Å². The molecule has 1 fully saturated rings. The number of fused-ring (bicyclic) bond motifs is 1. The Labute approximate surface area is 166 Å². The maximum absolute atomic E-state index is 12.8. The van der Waals surface area contributed by atoms with Crippen LogP contribution in [-0.4, -0.2) is 34.7 Å². The second-order valence-electron chi connectivity index (χ2n) is 7.48. The predicted octanol–water partition coefficient (Wildman–Crippen LogP) is 3.89. The number of benzene rings is 2. The lowest BCUT2D eigenvalue weighted by Gasteiger charge is -2.32. The molecule has 0 radical (unpaired) electrons. The SMILES string of the molecule is CC1CCN(c2ccc(NS(=O)(=O)c3ccc4c(c3)OCCCO4)cc2)CC1. The zero-order valence-corrected chi connectivity index (χ0v) is 16.9. The highest BCUT2D eigenvalue weighted by Crippen LogP contribution is 2.32. The molecular formula is C21H26N2O4S. The van der Waals surface area contributed by atoms with E-state index < -0.39 is 10.0 Å². The van der Waals surface area contributed by atoms with E-state index in [1.54, 1.807) is 12.1 Å². The number of hydrogen-bond donors (Lipinski definition) is 1. The second kappa shape index (κ2) is 7.91. The lowest BCUT2D eigenvalue weighted by molar-refractivity contribution is 0.297. The topological polar surface area (TPSA) is 67.9 Å². The Balaban J connectivity index is 1.48. The van der Waals surface area contributed by atoms with Crippen LogP contribution >= 0.6 is 0 Å². The van der Waals surface area contributed by atoms with E-state index in [0.29, 0.717) is 30.4 Å². The van der Waals surface area contributed by atoms with Crippen molar-refractivity contribution >= 4 is 21.4 Å². The van der Waals surface area contributed by atoms with Crippen LogP contribution < -0.4 is 19.1 Å². The summed E-state index contributed by atoms with van der Waals surface area (Å²) >= 11 is 0. The van der Waals surface area contributed by atoms with E-state index >= 15 is 0 Å². The molecular weight excluding hydrogens is 376 g/mol. The zero-order valence-electron chi connectivity index (χ0n) is 16.1. The molecule has 0 aliphatic carbocycles. The van der Waals surface area contributed by atoms with E-state index in [2.05, 4.69) is 16.5 Å². The molecule has 0 aromatic heterocycles. The number of rotatable bonds is 4. The first-order valence-electron chi connectivity index (χ1n) is 9.79. The third kappa shape index (κ3) is 4.19. The molecule has 0 atom stereocenters. The molecule has 1 N–H and O–H groups in total. The van der Waals surface area contributed by atoms with Crippen molar-refractivity contribution < 1.29 is 17.9 Å². The number of hydrogen-bond acceptors (Lipinski definition) is 5. The molecule has 28 heavy (non-hydrogen) atoms. The summed E-state index contributed by atoms with van der Waals surface area (Å²) in [4.78, 5) is 2.51. The lowest BCUT2D eigenvalue weighted by Crippen LogP contribution is -2.32. The molecule has 7 heteroatoms. The molecule has 0 spiro atoms. The predicted molar refractivity (Wildman–Crippen MR) is 110 cm³/mol. The highest BCUT2D eigenvalue weighted by molar-refractivity contribution is 7.92. The van der Waals surface area contributed by atoms with E-state index in [0.717, 1.165) is 31.1 Å². The highest BCUT2D eigenvalue weighted by atomic mass is 32.2. The van der Waals surface area contributed by atoms with Crippen molar-refractivity contribution in [2.24, 2.45) is 5.92 Å². The average Bonchev–Trinajstić information content (AvgIpc) is 2.94. The van der Waals surface area contributed by atoms with Gasteiger partial charge in [0.05, 0.1) is 18.1 Å². The van der Waals surface area contributed by atoms with Crippen LogP contribution in [0.1, 0.15) is 26.2 Å². The number of piperidine rings is 1. The molecule has 2 aliphatic heterocycles. The number of ether oxygens (including phenoxy) is 2. The van der Waals surface area contributed by atoms with Gasteiger partial charge < -0.3 is 14.4 Å². The van der Waals surface area contributed by atoms with Crippen LogP contribution in [0.5, 0.6) is 11.5 Å². The van der Waals surface area contributed by atoms with Gasteiger partial charge in [-0.3, -0.25) is 4.72 Å². The van der Waals surface area contributed by atoms with Crippen molar-refractivity contribution in [1.29, 1.82) is 0 Å². The Bertz CT molecular complexity index is 920. The normalized spacial score (nSPS) is 17.8. The first-order chi connectivity index (χ1) is 13.5. The Morgan fingerprint density at radius 1 is 0.964 bits per heavy atom. The summed E-state index contributed by atoms with van der Waals surface area (Å²) in [6.07, 6.45) is 3.16. The molecule has 0 unspecified atom stereocenters. The Hall–Kier alpha value is -2.41. The number of nitrogens with zero attached hydrogens (tertiary/aromatic N) is 1. The van der Waals surface area contributed by atoms with Gasteiger partial charge in [0.15, 0.2) is 11.5 Å². The van der Waals surface area contributed by atoms with E-state index in [-0.39, 0.29) is 4.90 Å². The highest BCUT2D eigenvalue weighted by Gasteiger charge is 2.20. The van der Waals surface area contributed by atoms with Gasteiger partial charge in [0, 0.05) is 37.0 Å². The third-order valence-corrected chi connectivity index (χ3v) is 6.68. The molecule has 0 saturated carbocycles. The Kier molecular flexibility index (Phi) is 5.35. The van der Waals surface area contributed by atoms with Crippen LogP contribution in [0.3, 0.4) is 0 Å². The molecule has 2 aromatic carbocycles. The molecule has 2 aromatic rings. The van der Waals surface area contributed by atoms with Crippen LogP contribution in [-0.2, 0) is 10.0 Å². The fourth-order valence-corrected chi connectivity index (χ4v) is 4.61. The smallest absolute Gasteiger partial charge is 0.262 e. The summed E-state index contributed by atoms with van der Waals surface area (Å²) in [6.45, 7) is 5.46. The van der Waals surface area contributed by atoms with Gasteiger partial charge in [-0.05, 0) is 55.2 Å². The van der Waals surface area contributed by atoms with Crippen LogP contribution in [0.4, 0.5) is 11.4 Å². The van der Waals surface area contributed by atoms with Crippen LogP contribution in [0.25, 0.3) is 0 Å². The average molecular weight is 403 g/mol. The lowest BCUT2D eigenvalue weighted by atomic mass is 9.99. The van der Waals surface area contributed by atoms with E-state index in [1.807, 2.05) is 24.3 Å². The van der Waals surface area contributed by atoms with Gasteiger partial charge in [0.25, 0.3) is 10.0 Å². The van der Waals surface area contributed by atoms with Gasteiger partial charge in [0.1, 0.15) is 0 Å². The largest absolute Gasteiger partial charge is 0.490 e. The fourth-order valence-electron chi connectivity index (χ4n) is 3.53. The molecule has 6 nitrogen and oxygen atoms in total. The van der Waals surface area contributed by atoms with E-state index in [4.69, 9.17) is 9.47 Å². The van der Waals surface area contributed by atoms with Crippen molar-refractivity contribution in [3.63, 3.8) is 0 Å². The summed E-state index contributed by atoms with van der Waals surface area (Å²) in [6, 6.07) is 12.3. The van der Waals surface area contributed by atoms with Gasteiger partial charge >= 0.3 is 0 Å². The first-order valence-corrected chi connectivity index (χ1v) is 11.3. The fraction of sp³-hybridized carbons (Fsp3) is 0.429. The molecule has 150 valence electrons. The quantitative estimate of drug-likeness (QED) is 0.840. The standard InChI is InChI=1S/C21H26N2O4S/c1-16-9-11-23(12-10-16)18-5-3-17(4-6-18)22-28(24,25)19-7-8-20-21(15-19)27-14-2-13-26-20/h3-8,15-16,22H,2,9-14H2,1H3. The minimum absolute atomic E-state index is 0.158. The number of anilines is 2. The van der Waals surface area contributed by atoms with Gasteiger partial charge in [-0.1, -0.05) is 6.92 Å². The summed E-state index contributed by atoms with van der Waals surface area (Å²) in [7, 11) is -3.70. The third-order valence-electron chi connectivity index (χ3n) is 5.30. The first kappa shape index (κ1) is 18.9. The van der Waals surface area contributed by atoms with Crippen LogP contribution in [0, 0.1) is 5.92 Å². The van der Waals surface area contributed by atoms with Crippen molar-refractivity contribution in [2.75, 3.05) is 35.9 Å². The van der Waals surface area contributed by atoms with E-state index in [9.17, 15) is 8.42 Å². The molecule has 2 heterocycles. The Morgan fingerprint density at radius 3 is 2.36 bits per heavy atom. The Morgan fingerprint density at radius 2 is 1.64 bits per heavy atom. The number of sulfonamides is 1. The van der Waals surface area contributed by atoms with Gasteiger partial charge in [0.2, 0.25) is 0 Å². The zero-order chi connectivity index (χ0) is 19.6. The summed E-state index contributed by atoms with van der Waals surface area (Å²) in [5.74, 6) is 1.82. The maximum atomic E-state index is 12.8. The van der Waals surface area contributed by atoms with Gasteiger partial charge in [-0.25, -0.2) is 8.42 Å². The van der Waals surface area contributed by atoms with Crippen molar-refractivity contribution in [3.8, 4) is 11.5 Å². The molecule has 1 saturated heterocycles. The second-order valence-corrected chi connectivity index (χ2v) is 9.16. The van der Waals surface area contributed by atoms with Crippen molar-refractivity contribution in [1.82, 2.24) is 0 Å². The monoisotopic (exact) mass is 402 g/mol. The number of nitrogens with one attached hydrogen (secondary N) is 1. The van der Waals surface area contributed by atoms with Crippen molar-refractivity contribution in [2.45, 2.75) is 31.1 Å². The molecule has 0 amide bonds. The molecule has 4 rings (SSSR count). The summed E-state index contributed by atoms with van der Waals surface area (Å²) < 4.78 is 39.4.